The van der Waals surface area contributed by atoms with Gasteiger partial charge in [0.1, 0.15) is 0 Å². The molecule has 0 saturated heterocycles. The van der Waals surface area contributed by atoms with Crippen molar-refractivity contribution < 1.29 is 4.92 Å². The Morgan fingerprint density at radius 3 is 3.07 bits per heavy atom. The minimum absolute atomic E-state index is 0.0429. The zero-order valence-electron chi connectivity index (χ0n) is 8.27. The first-order valence-corrected chi connectivity index (χ1v) is 5.33. The van der Waals surface area contributed by atoms with Crippen molar-refractivity contribution in [3.8, 4) is 6.07 Å². The molecule has 0 spiro atoms. The van der Waals surface area contributed by atoms with Gasteiger partial charge in [-0.3, -0.25) is 10.1 Å². The van der Waals surface area contributed by atoms with Crippen molar-refractivity contribution in [1.82, 2.24) is 5.32 Å². The van der Waals surface area contributed by atoms with E-state index in [-0.39, 0.29) is 10.9 Å². The van der Waals surface area contributed by atoms with Gasteiger partial charge < -0.3 is 5.32 Å². The highest BCUT2D eigenvalue weighted by atomic mass is 32.1. The van der Waals surface area contributed by atoms with Gasteiger partial charge in [0.25, 0.3) is 0 Å². The third-order valence-corrected chi connectivity index (χ3v) is 2.75. The normalized spacial score (nSPS) is 12.0. The van der Waals surface area contributed by atoms with E-state index in [2.05, 4.69) is 11.4 Å². The molecular formula is C9H11N3O2S. The quantitative estimate of drug-likeness (QED) is 0.613. The highest BCUT2D eigenvalue weighted by Gasteiger charge is 2.09. The lowest BCUT2D eigenvalue weighted by molar-refractivity contribution is -0.380. The molecule has 0 aromatic carbocycles. The number of nitriles is 1. The molecule has 0 bridgehead atoms. The van der Waals surface area contributed by atoms with Crippen LogP contribution in [0.15, 0.2) is 11.4 Å². The molecule has 6 heteroatoms. The van der Waals surface area contributed by atoms with Crippen molar-refractivity contribution in [2.75, 3.05) is 6.54 Å². The molecule has 1 aromatic rings. The second-order valence-electron chi connectivity index (χ2n) is 3.21. The summed E-state index contributed by atoms with van der Waals surface area (Å²) in [4.78, 5) is 10.00. The van der Waals surface area contributed by atoms with Crippen LogP contribution in [0.1, 0.15) is 12.5 Å². The Kier molecular flexibility index (Phi) is 4.21. The number of thiophene rings is 1. The van der Waals surface area contributed by atoms with Gasteiger partial charge in [-0.25, -0.2) is 0 Å². The maximum absolute atomic E-state index is 10.4. The van der Waals surface area contributed by atoms with Crippen LogP contribution >= 0.6 is 11.3 Å². The van der Waals surface area contributed by atoms with Crippen LogP contribution in [0.25, 0.3) is 0 Å². The number of hydrogen-bond acceptors (Lipinski definition) is 5. The van der Waals surface area contributed by atoms with E-state index in [0.29, 0.717) is 13.1 Å². The molecule has 1 aromatic heterocycles. The van der Waals surface area contributed by atoms with Crippen molar-refractivity contribution in [3.05, 3.63) is 27.1 Å². The average Bonchev–Trinajstić information content (AvgIpc) is 2.66. The zero-order valence-corrected chi connectivity index (χ0v) is 9.08. The molecule has 15 heavy (non-hydrogen) atoms. The molecule has 1 unspecified atom stereocenters. The summed E-state index contributed by atoms with van der Waals surface area (Å²) in [5, 5.41) is 23.9. The topological polar surface area (TPSA) is 79.0 Å². The molecular weight excluding hydrogens is 214 g/mol. The maximum Gasteiger partial charge on any atom is 0.324 e. The number of nitrogens with zero attached hydrogens (tertiary/aromatic N) is 2. The van der Waals surface area contributed by atoms with E-state index in [4.69, 9.17) is 5.26 Å². The molecule has 1 N–H and O–H groups in total. The molecule has 1 rings (SSSR count). The summed E-state index contributed by atoms with van der Waals surface area (Å²) >= 11 is 1.12. The third kappa shape index (κ3) is 3.65. The summed E-state index contributed by atoms with van der Waals surface area (Å²) in [5.74, 6) is -0.0429. The smallest absolute Gasteiger partial charge is 0.311 e. The summed E-state index contributed by atoms with van der Waals surface area (Å²) < 4.78 is 0. The summed E-state index contributed by atoms with van der Waals surface area (Å²) in [6, 6.07) is 3.66. The van der Waals surface area contributed by atoms with E-state index in [1.54, 1.807) is 11.4 Å². The molecule has 1 heterocycles. The first kappa shape index (κ1) is 11.6. The standard InChI is InChI=1S/C9H11N3O2S/c1-7(3-10)4-11-5-8-2-9(12(13)14)15-6-8/h2,6-7,11H,4-5H2,1H3. The molecule has 0 aliphatic rings. The summed E-state index contributed by atoms with van der Waals surface area (Å²) in [5.41, 5.74) is 0.886. The predicted octanol–water partition coefficient (Wildman–Crippen LogP) is 1.91. The van der Waals surface area contributed by atoms with Crippen molar-refractivity contribution in [3.63, 3.8) is 0 Å². The Morgan fingerprint density at radius 1 is 1.80 bits per heavy atom. The SMILES string of the molecule is CC(C#N)CNCc1csc([N+](=O)[O-])c1. The molecule has 0 radical (unpaired) electrons. The third-order valence-electron chi connectivity index (χ3n) is 1.82. The van der Waals surface area contributed by atoms with Crippen LogP contribution < -0.4 is 5.32 Å². The van der Waals surface area contributed by atoms with Gasteiger partial charge in [0.05, 0.1) is 16.9 Å². The van der Waals surface area contributed by atoms with Gasteiger partial charge in [-0.05, 0) is 12.5 Å². The van der Waals surface area contributed by atoms with Gasteiger partial charge in [-0.2, -0.15) is 5.26 Å². The number of hydrogen-bond donors (Lipinski definition) is 1. The minimum Gasteiger partial charge on any atom is -0.311 e. The fourth-order valence-electron chi connectivity index (χ4n) is 1.03. The Balaban J connectivity index is 2.39. The Morgan fingerprint density at radius 2 is 2.53 bits per heavy atom. The van der Waals surface area contributed by atoms with Crippen LogP contribution in [0.5, 0.6) is 0 Å². The molecule has 5 nitrogen and oxygen atoms in total. The van der Waals surface area contributed by atoms with Crippen LogP contribution in [0, 0.1) is 27.4 Å². The van der Waals surface area contributed by atoms with Crippen LogP contribution in [-0.2, 0) is 6.54 Å². The Hall–Kier alpha value is -1.45. The van der Waals surface area contributed by atoms with E-state index in [1.807, 2.05) is 6.92 Å². The van der Waals surface area contributed by atoms with Crippen molar-refractivity contribution in [2.24, 2.45) is 5.92 Å². The number of nitrogens with one attached hydrogen (secondary N) is 1. The molecule has 0 aliphatic heterocycles. The van der Waals surface area contributed by atoms with Crippen molar-refractivity contribution in [2.45, 2.75) is 13.5 Å². The van der Waals surface area contributed by atoms with Gasteiger partial charge in [0, 0.05) is 24.5 Å². The van der Waals surface area contributed by atoms with Crippen LogP contribution in [0.3, 0.4) is 0 Å². The largest absolute Gasteiger partial charge is 0.324 e. The second-order valence-corrected chi connectivity index (χ2v) is 4.10. The van der Waals surface area contributed by atoms with Crippen LogP contribution in [0.4, 0.5) is 5.00 Å². The summed E-state index contributed by atoms with van der Waals surface area (Å²) in [7, 11) is 0. The molecule has 0 amide bonds. The highest BCUT2D eigenvalue weighted by Crippen LogP contribution is 2.22. The molecule has 0 aliphatic carbocycles. The molecule has 80 valence electrons. The summed E-state index contributed by atoms with van der Waals surface area (Å²) in [6.07, 6.45) is 0. The van der Waals surface area contributed by atoms with E-state index < -0.39 is 4.92 Å². The van der Waals surface area contributed by atoms with E-state index in [1.165, 1.54) is 0 Å². The Bertz CT molecular complexity index is 383. The van der Waals surface area contributed by atoms with Crippen LogP contribution in [0.2, 0.25) is 0 Å². The number of rotatable bonds is 5. The van der Waals surface area contributed by atoms with E-state index in [9.17, 15) is 10.1 Å². The summed E-state index contributed by atoms with van der Waals surface area (Å²) in [6.45, 7) is 2.99. The van der Waals surface area contributed by atoms with Gasteiger partial charge in [-0.15, -0.1) is 0 Å². The predicted molar refractivity (Wildman–Crippen MR) is 57.5 cm³/mol. The highest BCUT2D eigenvalue weighted by molar-refractivity contribution is 7.13. The molecule has 0 saturated carbocycles. The minimum atomic E-state index is -0.397. The van der Waals surface area contributed by atoms with Gasteiger partial charge in [0.2, 0.25) is 0 Å². The average molecular weight is 225 g/mol. The second kappa shape index (κ2) is 5.44. The van der Waals surface area contributed by atoms with E-state index in [0.717, 1.165) is 16.9 Å². The lowest BCUT2D eigenvalue weighted by Crippen LogP contribution is -2.19. The fraction of sp³-hybridized carbons (Fsp3) is 0.444. The fourth-order valence-corrected chi connectivity index (χ4v) is 1.76. The monoisotopic (exact) mass is 225 g/mol. The maximum atomic E-state index is 10.4. The van der Waals surface area contributed by atoms with Crippen LogP contribution in [-0.4, -0.2) is 11.5 Å². The first-order chi connectivity index (χ1) is 7.13. The van der Waals surface area contributed by atoms with Gasteiger partial charge in [-0.1, -0.05) is 11.3 Å². The number of nitro groups is 1. The molecule has 0 fully saturated rings. The Labute approximate surface area is 91.5 Å². The lowest BCUT2D eigenvalue weighted by atomic mass is 10.2. The van der Waals surface area contributed by atoms with Gasteiger partial charge in [0.15, 0.2) is 0 Å². The van der Waals surface area contributed by atoms with Gasteiger partial charge >= 0.3 is 5.00 Å². The lowest BCUT2D eigenvalue weighted by Gasteiger charge is -2.03. The molecule has 1 atom stereocenters. The zero-order chi connectivity index (χ0) is 11.3. The van der Waals surface area contributed by atoms with E-state index >= 15 is 0 Å². The van der Waals surface area contributed by atoms with Crippen molar-refractivity contribution >= 4 is 16.3 Å². The van der Waals surface area contributed by atoms with Crippen molar-refractivity contribution in [1.29, 1.82) is 5.26 Å². The first-order valence-electron chi connectivity index (χ1n) is 4.45.